The number of halogens is 1. The highest BCUT2D eigenvalue weighted by Gasteiger charge is 2.09. The van der Waals surface area contributed by atoms with Gasteiger partial charge in [-0.3, -0.25) is 5.32 Å². The van der Waals surface area contributed by atoms with Crippen molar-refractivity contribution in [2.75, 3.05) is 6.54 Å². The first-order valence-electron chi connectivity index (χ1n) is 6.22. The van der Waals surface area contributed by atoms with E-state index in [0.717, 1.165) is 6.42 Å². The zero-order chi connectivity index (χ0) is 13.5. The Bertz CT molecular complexity index is 560. The predicted octanol–water partition coefficient (Wildman–Crippen LogP) is 3.22. The lowest BCUT2D eigenvalue weighted by Gasteiger charge is -2.11. The van der Waals surface area contributed by atoms with E-state index >= 15 is 0 Å². The smallest absolute Gasteiger partial charge is 0.123 e. The molecular weight excluding hydrogens is 239 g/mol. The predicted molar refractivity (Wildman–Crippen MR) is 72.9 cm³/mol. The lowest BCUT2D eigenvalue weighted by molar-refractivity contribution is 0.604. The summed E-state index contributed by atoms with van der Waals surface area (Å²) in [7, 11) is 0. The summed E-state index contributed by atoms with van der Waals surface area (Å²) in [4.78, 5) is 0. The van der Waals surface area contributed by atoms with Crippen LogP contribution >= 0.6 is 0 Å². The maximum absolute atomic E-state index is 13.1. The third-order valence-electron chi connectivity index (χ3n) is 2.92. The molecule has 0 aliphatic carbocycles. The minimum atomic E-state index is -0.473. The van der Waals surface area contributed by atoms with Crippen molar-refractivity contribution in [1.29, 1.82) is 5.26 Å². The monoisotopic (exact) mass is 254 g/mol. The van der Waals surface area contributed by atoms with Crippen molar-refractivity contribution in [3.05, 3.63) is 71.5 Å². The molecule has 2 nitrogen and oxygen atoms in total. The first-order valence-corrected chi connectivity index (χ1v) is 6.22. The van der Waals surface area contributed by atoms with E-state index in [0.29, 0.717) is 12.1 Å². The fourth-order valence-electron chi connectivity index (χ4n) is 1.93. The molecule has 0 amide bonds. The molecule has 3 heteroatoms. The number of hydrogen-bond donors (Lipinski definition) is 1. The lowest BCUT2D eigenvalue weighted by atomic mass is 10.1. The van der Waals surface area contributed by atoms with Gasteiger partial charge in [0.15, 0.2) is 0 Å². The van der Waals surface area contributed by atoms with Crippen LogP contribution in [-0.2, 0) is 6.42 Å². The quantitative estimate of drug-likeness (QED) is 0.889. The summed E-state index contributed by atoms with van der Waals surface area (Å²) in [6.45, 7) is 0.679. The van der Waals surface area contributed by atoms with E-state index in [4.69, 9.17) is 5.26 Å². The molecule has 0 bridgehead atoms. The fourth-order valence-corrected chi connectivity index (χ4v) is 1.93. The molecule has 0 saturated heterocycles. The van der Waals surface area contributed by atoms with Crippen molar-refractivity contribution in [3.63, 3.8) is 0 Å². The molecular formula is C16H15FN2. The number of hydrogen-bond acceptors (Lipinski definition) is 2. The maximum Gasteiger partial charge on any atom is 0.123 e. The highest BCUT2D eigenvalue weighted by molar-refractivity contribution is 5.25. The van der Waals surface area contributed by atoms with Gasteiger partial charge in [0.05, 0.1) is 6.07 Å². The van der Waals surface area contributed by atoms with E-state index in [2.05, 4.69) is 11.4 Å². The minimum Gasteiger partial charge on any atom is -0.298 e. The molecule has 0 saturated carbocycles. The van der Waals surface area contributed by atoms with Crippen LogP contribution in [0.25, 0.3) is 0 Å². The average Bonchev–Trinajstić information content (AvgIpc) is 2.45. The summed E-state index contributed by atoms with van der Waals surface area (Å²) in [5.74, 6) is -0.317. The first-order chi connectivity index (χ1) is 9.29. The first kappa shape index (κ1) is 13.3. The standard InChI is InChI=1S/C16H15FN2/c17-15-8-4-7-14(11-15)16(12-18)19-10-9-13-5-2-1-3-6-13/h1-8,11,16,19H,9-10H2. The van der Waals surface area contributed by atoms with Gasteiger partial charge in [0.25, 0.3) is 0 Å². The van der Waals surface area contributed by atoms with Gasteiger partial charge in [0.2, 0.25) is 0 Å². The van der Waals surface area contributed by atoms with Gasteiger partial charge in [-0.2, -0.15) is 5.26 Å². The van der Waals surface area contributed by atoms with Crippen molar-refractivity contribution in [1.82, 2.24) is 5.32 Å². The Hall–Kier alpha value is -2.18. The van der Waals surface area contributed by atoms with Gasteiger partial charge in [-0.1, -0.05) is 42.5 Å². The zero-order valence-corrected chi connectivity index (χ0v) is 10.5. The fraction of sp³-hybridized carbons (Fsp3) is 0.188. The van der Waals surface area contributed by atoms with Gasteiger partial charge in [-0.25, -0.2) is 4.39 Å². The van der Waals surface area contributed by atoms with Crippen molar-refractivity contribution in [3.8, 4) is 6.07 Å². The molecule has 96 valence electrons. The Labute approximate surface area is 112 Å². The molecule has 0 spiro atoms. The number of nitrogens with one attached hydrogen (secondary N) is 1. The molecule has 1 unspecified atom stereocenters. The van der Waals surface area contributed by atoms with Gasteiger partial charge in [-0.05, 0) is 29.7 Å². The van der Waals surface area contributed by atoms with Gasteiger partial charge in [0.1, 0.15) is 11.9 Å². The molecule has 2 rings (SSSR count). The molecule has 0 fully saturated rings. The second-order valence-electron chi connectivity index (χ2n) is 4.31. The van der Waals surface area contributed by atoms with Crippen LogP contribution in [0.5, 0.6) is 0 Å². The SMILES string of the molecule is N#CC(NCCc1ccccc1)c1cccc(F)c1. The number of nitrogens with zero attached hydrogens (tertiary/aromatic N) is 1. The Morgan fingerprint density at radius 1 is 1.11 bits per heavy atom. The summed E-state index contributed by atoms with van der Waals surface area (Å²) in [6.07, 6.45) is 0.842. The number of nitriles is 1. The topological polar surface area (TPSA) is 35.8 Å². The van der Waals surface area contributed by atoms with E-state index in [1.165, 1.54) is 17.7 Å². The minimum absolute atomic E-state index is 0.317. The molecule has 1 N–H and O–H groups in total. The van der Waals surface area contributed by atoms with Crippen LogP contribution in [0.2, 0.25) is 0 Å². The molecule has 1 atom stereocenters. The van der Waals surface area contributed by atoms with Crippen LogP contribution in [0.4, 0.5) is 4.39 Å². The van der Waals surface area contributed by atoms with Crippen LogP contribution in [0, 0.1) is 17.1 Å². The highest BCUT2D eigenvalue weighted by atomic mass is 19.1. The van der Waals surface area contributed by atoms with Crippen LogP contribution < -0.4 is 5.32 Å². The Morgan fingerprint density at radius 2 is 1.89 bits per heavy atom. The number of benzene rings is 2. The van der Waals surface area contributed by atoms with Gasteiger partial charge in [-0.15, -0.1) is 0 Å². The molecule has 0 aromatic heterocycles. The normalized spacial score (nSPS) is 11.8. The van der Waals surface area contributed by atoms with Gasteiger partial charge in [0, 0.05) is 6.54 Å². The Morgan fingerprint density at radius 3 is 2.58 bits per heavy atom. The Kier molecular flexibility index (Phi) is 4.66. The van der Waals surface area contributed by atoms with E-state index < -0.39 is 6.04 Å². The van der Waals surface area contributed by atoms with Crippen LogP contribution in [0.3, 0.4) is 0 Å². The largest absolute Gasteiger partial charge is 0.298 e. The molecule has 19 heavy (non-hydrogen) atoms. The summed E-state index contributed by atoms with van der Waals surface area (Å²) in [6, 6.07) is 17.9. The summed E-state index contributed by atoms with van der Waals surface area (Å²) in [5.41, 5.74) is 1.88. The van der Waals surface area contributed by atoms with E-state index in [1.54, 1.807) is 12.1 Å². The third kappa shape index (κ3) is 3.90. The van der Waals surface area contributed by atoms with Crippen molar-refractivity contribution in [2.45, 2.75) is 12.5 Å². The maximum atomic E-state index is 13.1. The summed E-state index contributed by atoms with van der Waals surface area (Å²) < 4.78 is 13.1. The molecule has 0 aliphatic heterocycles. The van der Waals surface area contributed by atoms with E-state index in [9.17, 15) is 4.39 Å². The summed E-state index contributed by atoms with van der Waals surface area (Å²) in [5, 5.41) is 12.3. The summed E-state index contributed by atoms with van der Waals surface area (Å²) >= 11 is 0. The molecule has 2 aromatic carbocycles. The van der Waals surface area contributed by atoms with E-state index in [1.807, 2.05) is 30.3 Å². The van der Waals surface area contributed by atoms with Gasteiger partial charge < -0.3 is 0 Å². The van der Waals surface area contributed by atoms with Crippen molar-refractivity contribution in [2.24, 2.45) is 0 Å². The lowest BCUT2D eigenvalue weighted by Crippen LogP contribution is -2.22. The second kappa shape index (κ2) is 6.67. The average molecular weight is 254 g/mol. The zero-order valence-electron chi connectivity index (χ0n) is 10.5. The van der Waals surface area contributed by atoms with Crippen molar-refractivity contribution >= 4 is 0 Å². The van der Waals surface area contributed by atoms with Gasteiger partial charge >= 0.3 is 0 Å². The number of rotatable bonds is 5. The third-order valence-corrected chi connectivity index (χ3v) is 2.92. The Balaban J connectivity index is 1.92. The highest BCUT2D eigenvalue weighted by Crippen LogP contribution is 2.13. The molecule has 2 aromatic rings. The van der Waals surface area contributed by atoms with Crippen LogP contribution in [0.1, 0.15) is 17.2 Å². The molecule has 0 radical (unpaired) electrons. The molecule has 0 heterocycles. The molecule has 0 aliphatic rings. The van der Waals surface area contributed by atoms with E-state index in [-0.39, 0.29) is 5.82 Å². The second-order valence-corrected chi connectivity index (χ2v) is 4.31. The van der Waals surface area contributed by atoms with Crippen LogP contribution in [-0.4, -0.2) is 6.54 Å². The van der Waals surface area contributed by atoms with Crippen LogP contribution in [0.15, 0.2) is 54.6 Å². The van der Waals surface area contributed by atoms with Crippen molar-refractivity contribution < 1.29 is 4.39 Å².